The number of rotatable bonds is 8. The minimum absolute atomic E-state index is 0. The lowest BCUT2D eigenvalue weighted by molar-refractivity contribution is 0.253. The summed E-state index contributed by atoms with van der Waals surface area (Å²) in [6.07, 6.45) is 4.98. The molecule has 0 atom stereocenters. The van der Waals surface area contributed by atoms with Crippen LogP contribution in [0.5, 0.6) is 0 Å². The van der Waals surface area contributed by atoms with E-state index in [2.05, 4.69) is 58.5 Å². The molecule has 0 amide bonds. The van der Waals surface area contributed by atoms with Gasteiger partial charge in [0.15, 0.2) is 5.96 Å². The van der Waals surface area contributed by atoms with Crippen LogP contribution in [0.1, 0.15) is 38.2 Å². The first-order valence-electron chi connectivity index (χ1n) is 10.3. The molecule has 1 aliphatic carbocycles. The van der Waals surface area contributed by atoms with Crippen LogP contribution in [0, 0.1) is 6.92 Å². The van der Waals surface area contributed by atoms with Crippen LogP contribution in [0.3, 0.4) is 0 Å². The molecule has 1 aliphatic heterocycles. The molecule has 1 saturated heterocycles. The molecule has 0 bridgehead atoms. The van der Waals surface area contributed by atoms with Crippen LogP contribution in [0.2, 0.25) is 0 Å². The first kappa shape index (κ1) is 22.3. The van der Waals surface area contributed by atoms with E-state index >= 15 is 0 Å². The molecule has 0 aromatic heterocycles. The number of benzene rings is 1. The van der Waals surface area contributed by atoms with Crippen molar-refractivity contribution in [2.24, 2.45) is 4.99 Å². The SMILES string of the molecule is CCNC(=NCCCCN1CCN(c2cccc(C)c2)CC1)NC1CC1.I. The van der Waals surface area contributed by atoms with Crippen LogP contribution < -0.4 is 15.5 Å². The Bertz CT molecular complexity index is 580. The van der Waals surface area contributed by atoms with Gasteiger partial charge in [0.2, 0.25) is 0 Å². The van der Waals surface area contributed by atoms with E-state index in [0.29, 0.717) is 6.04 Å². The predicted octanol–water partition coefficient (Wildman–Crippen LogP) is 3.23. The first-order chi connectivity index (χ1) is 12.7. The molecule has 0 unspecified atom stereocenters. The lowest BCUT2D eigenvalue weighted by atomic mass is 10.2. The van der Waals surface area contributed by atoms with Crippen molar-refractivity contribution in [3.05, 3.63) is 29.8 Å². The number of guanidine groups is 1. The van der Waals surface area contributed by atoms with Crippen molar-refractivity contribution in [3.8, 4) is 0 Å². The third-order valence-electron chi connectivity index (χ3n) is 5.15. The third kappa shape index (κ3) is 7.86. The lowest BCUT2D eigenvalue weighted by Crippen LogP contribution is -2.46. The summed E-state index contributed by atoms with van der Waals surface area (Å²) in [6, 6.07) is 9.53. The van der Waals surface area contributed by atoms with Gasteiger partial charge < -0.3 is 15.5 Å². The van der Waals surface area contributed by atoms with Gasteiger partial charge in [-0.3, -0.25) is 9.89 Å². The van der Waals surface area contributed by atoms with Crippen LogP contribution >= 0.6 is 24.0 Å². The topological polar surface area (TPSA) is 42.9 Å². The molecule has 2 N–H and O–H groups in total. The normalized spacial score (nSPS) is 18.1. The highest BCUT2D eigenvalue weighted by Gasteiger charge is 2.22. The average molecular weight is 485 g/mol. The Kier molecular flexibility index (Phi) is 9.68. The highest BCUT2D eigenvalue weighted by molar-refractivity contribution is 14.0. The Labute approximate surface area is 182 Å². The summed E-state index contributed by atoms with van der Waals surface area (Å²) in [7, 11) is 0. The number of unbranched alkanes of at least 4 members (excludes halogenated alkanes) is 1. The van der Waals surface area contributed by atoms with E-state index < -0.39 is 0 Å². The first-order valence-corrected chi connectivity index (χ1v) is 10.3. The van der Waals surface area contributed by atoms with Crippen LogP contribution in [-0.4, -0.2) is 62.7 Å². The smallest absolute Gasteiger partial charge is 0.191 e. The highest BCUT2D eigenvalue weighted by Crippen LogP contribution is 2.19. The van der Waals surface area contributed by atoms with E-state index in [1.807, 2.05) is 0 Å². The van der Waals surface area contributed by atoms with Gasteiger partial charge >= 0.3 is 0 Å². The fourth-order valence-electron chi connectivity index (χ4n) is 3.43. The van der Waals surface area contributed by atoms with Gasteiger partial charge in [-0.15, -0.1) is 24.0 Å². The van der Waals surface area contributed by atoms with Gasteiger partial charge in [-0.1, -0.05) is 12.1 Å². The maximum absolute atomic E-state index is 4.70. The number of nitrogens with zero attached hydrogens (tertiary/aromatic N) is 3. The predicted molar refractivity (Wildman–Crippen MR) is 127 cm³/mol. The Morgan fingerprint density at radius 1 is 1.15 bits per heavy atom. The molecular formula is C21H36IN5. The van der Waals surface area contributed by atoms with E-state index in [0.717, 1.165) is 32.1 Å². The Hall–Kier alpha value is -1.02. The molecule has 2 fully saturated rings. The monoisotopic (exact) mass is 485 g/mol. The maximum atomic E-state index is 4.70. The lowest BCUT2D eigenvalue weighted by Gasteiger charge is -2.36. The second-order valence-corrected chi connectivity index (χ2v) is 7.55. The van der Waals surface area contributed by atoms with Gasteiger partial charge in [0.05, 0.1) is 0 Å². The summed E-state index contributed by atoms with van der Waals surface area (Å²) in [5, 5.41) is 6.82. The molecule has 0 radical (unpaired) electrons. The summed E-state index contributed by atoms with van der Waals surface area (Å²) >= 11 is 0. The molecule has 1 saturated carbocycles. The number of aryl methyl sites for hydroxylation is 1. The van der Waals surface area contributed by atoms with Crippen molar-refractivity contribution >= 4 is 35.6 Å². The fraction of sp³-hybridized carbons (Fsp3) is 0.667. The standard InChI is InChI=1S/C21H35N5.HI/c1-3-22-21(24-19-9-10-19)23-11-4-5-12-25-13-15-26(16-14-25)20-8-6-7-18(2)17-20;/h6-8,17,19H,3-5,9-16H2,1-2H3,(H2,22,23,24);1H. The average Bonchev–Trinajstić information content (AvgIpc) is 3.46. The summed E-state index contributed by atoms with van der Waals surface area (Å²) < 4.78 is 0. The zero-order valence-electron chi connectivity index (χ0n) is 16.9. The van der Waals surface area contributed by atoms with Crippen molar-refractivity contribution in [3.63, 3.8) is 0 Å². The van der Waals surface area contributed by atoms with Gasteiger partial charge in [-0.25, -0.2) is 0 Å². The van der Waals surface area contributed by atoms with E-state index in [4.69, 9.17) is 4.99 Å². The highest BCUT2D eigenvalue weighted by atomic mass is 127. The van der Waals surface area contributed by atoms with Crippen LogP contribution in [-0.2, 0) is 0 Å². The minimum Gasteiger partial charge on any atom is -0.369 e. The van der Waals surface area contributed by atoms with Crippen LogP contribution in [0.25, 0.3) is 0 Å². The van der Waals surface area contributed by atoms with E-state index in [1.165, 1.54) is 56.6 Å². The molecule has 0 spiro atoms. The van der Waals surface area contributed by atoms with Gasteiger partial charge in [0, 0.05) is 51.0 Å². The number of nitrogens with one attached hydrogen (secondary N) is 2. The van der Waals surface area contributed by atoms with Crippen LogP contribution in [0.4, 0.5) is 5.69 Å². The summed E-state index contributed by atoms with van der Waals surface area (Å²) in [5.74, 6) is 1.00. The van der Waals surface area contributed by atoms with Crippen molar-refractivity contribution < 1.29 is 0 Å². The van der Waals surface area contributed by atoms with E-state index in [1.54, 1.807) is 0 Å². The molecule has 5 nitrogen and oxygen atoms in total. The minimum atomic E-state index is 0. The summed E-state index contributed by atoms with van der Waals surface area (Å²) in [6.45, 7) is 12.0. The summed E-state index contributed by atoms with van der Waals surface area (Å²) in [5.41, 5.74) is 2.72. The second-order valence-electron chi connectivity index (χ2n) is 7.55. The number of halogens is 1. The van der Waals surface area contributed by atoms with Crippen molar-refractivity contribution in [1.29, 1.82) is 0 Å². The second kappa shape index (κ2) is 11.7. The van der Waals surface area contributed by atoms with Gasteiger partial charge in [-0.05, 0) is 63.8 Å². The zero-order valence-corrected chi connectivity index (χ0v) is 19.2. The fourth-order valence-corrected chi connectivity index (χ4v) is 3.43. The number of hydrogen-bond donors (Lipinski definition) is 2. The van der Waals surface area contributed by atoms with E-state index in [-0.39, 0.29) is 24.0 Å². The number of aliphatic imine (C=N–C) groups is 1. The zero-order chi connectivity index (χ0) is 18.2. The number of hydrogen-bond acceptors (Lipinski definition) is 3. The van der Waals surface area contributed by atoms with Gasteiger partial charge in [-0.2, -0.15) is 0 Å². The van der Waals surface area contributed by atoms with Crippen molar-refractivity contribution in [2.45, 2.75) is 45.6 Å². The van der Waals surface area contributed by atoms with Crippen LogP contribution in [0.15, 0.2) is 29.3 Å². The van der Waals surface area contributed by atoms with Crippen molar-refractivity contribution in [2.75, 3.05) is 50.7 Å². The molecule has 3 rings (SSSR count). The summed E-state index contributed by atoms with van der Waals surface area (Å²) in [4.78, 5) is 9.82. The van der Waals surface area contributed by atoms with Crippen molar-refractivity contribution in [1.82, 2.24) is 15.5 Å². The molecular weight excluding hydrogens is 449 g/mol. The maximum Gasteiger partial charge on any atom is 0.191 e. The quantitative estimate of drug-likeness (QED) is 0.257. The Morgan fingerprint density at radius 3 is 2.59 bits per heavy atom. The van der Waals surface area contributed by atoms with Gasteiger partial charge in [0.25, 0.3) is 0 Å². The molecule has 6 heteroatoms. The number of piperazine rings is 1. The Morgan fingerprint density at radius 2 is 1.93 bits per heavy atom. The largest absolute Gasteiger partial charge is 0.369 e. The third-order valence-corrected chi connectivity index (χ3v) is 5.15. The molecule has 152 valence electrons. The number of anilines is 1. The molecule has 1 heterocycles. The molecule has 27 heavy (non-hydrogen) atoms. The molecule has 1 aromatic rings. The molecule has 2 aliphatic rings. The van der Waals surface area contributed by atoms with Gasteiger partial charge in [0.1, 0.15) is 0 Å². The molecule has 1 aromatic carbocycles. The Balaban J connectivity index is 0.00000261. The van der Waals surface area contributed by atoms with E-state index in [9.17, 15) is 0 Å².